The number of nitrogens with zero attached hydrogens (tertiary/aromatic N) is 2. The molecule has 2 fully saturated rings. The Balaban J connectivity index is 1.57. The summed E-state index contributed by atoms with van der Waals surface area (Å²) in [4.78, 5) is 7.54. The topological polar surface area (TPSA) is 15.6 Å². The smallest absolute Gasteiger partial charge is 0.0595 e. The van der Waals surface area contributed by atoms with Gasteiger partial charge in [0.25, 0.3) is 0 Å². The number of benzene rings is 1. The summed E-state index contributed by atoms with van der Waals surface area (Å²) >= 11 is 12.3. The van der Waals surface area contributed by atoms with E-state index < -0.39 is 0 Å². The predicted octanol–water partition coefficient (Wildman–Crippen LogP) is 4.93. The van der Waals surface area contributed by atoms with Crippen LogP contribution in [0.25, 0.3) is 0 Å². The number of likely N-dealkylation sites (tertiary alicyclic amines) is 1. The van der Waals surface area contributed by atoms with Crippen LogP contribution in [0.2, 0.25) is 10.0 Å². The van der Waals surface area contributed by atoms with Crippen molar-refractivity contribution in [3.05, 3.63) is 33.8 Å². The van der Waals surface area contributed by atoms with Gasteiger partial charge in [-0.15, -0.1) is 0 Å². The van der Waals surface area contributed by atoms with Crippen LogP contribution in [-0.4, -0.2) is 29.7 Å². The van der Waals surface area contributed by atoms with E-state index in [9.17, 15) is 0 Å². The molecule has 0 aromatic heterocycles. The lowest BCUT2D eigenvalue weighted by Gasteiger charge is -2.45. The van der Waals surface area contributed by atoms with Crippen LogP contribution in [0.1, 0.15) is 32.3 Å². The summed E-state index contributed by atoms with van der Waals surface area (Å²) in [6.45, 7) is 6.85. The molecule has 1 saturated carbocycles. The first-order valence-corrected chi connectivity index (χ1v) is 9.50. The fourth-order valence-electron chi connectivity index (χ4n) is 5.04. The second-order valence-electron chi connectivity index (χ2n) is 7.90. The van der Waals surface area contributed by atoms with E-state index in [0.29, 0.717) is 34.0 Å². The molecule has 0 spiro atoms. The highest BCUT2D eigenvalue weighted by Crippen LogP contribution is 2.49. The molecule has 1 aromatic rings. The summed E-state index contributed by atoms with van der Waals surface area (Å²) in [7, 11) is 0. The molecule has 1 aliphatic carbocycles. The predicted molar refractivity (Wildman–Crippen MR) is 97.5 cm³/mol. The van der Waals surface area contributed by atoms with E-state index in [1.807, 2.05) is 12.1 Å². The van der Waals surface area contributed by atoms with Gasteiger partial charge in [-0.25, -0.2) is 0 Å². The Labute approximate surface area is 148 Å². The zero-order valence-electron chi connectivity index (χ0n) is 13.8. The van der Waals surface area contributed by atoms with Crippen LogP contribution in [-0.2, 0) is 6.54 Å². The van der Waals surface area contributed by atoms with Crippen LogP contribution in [0, 0.1) is 23.7 Å². The van der Waals surface area contributed by atoms with Gasteiger partial charge in [-0.2, -0.15) is 0 Å². The number of hydrogen-bond acceptors (Lipinski definition) is 2. The standard InChI is InChI=1S/C19H24Cl2N2/c1-11(2)5-14-18-7-13-10-23(19(14)15(13)8-22-18)9-12-3-4-16(20)17(21)6-12/h3-4,6,8,11,13-15,18-19H,5,7,9-10H2,1-2H3. The van der Waals surface area contributed by atoms with Gasteiger partial charge in [0.2, 0.25) is 0 Å². The highest BCUT2D eigenvalue weighted by atomic mass is 35.5. The van der Waals surface area contributed by atoms with Crippen molar-refractivity contribution in [2.24, 2.45) is 28.7 Å². The first-order valence-electron chi connectivity index (χ1n) is 8.74. The van der Waals surface area contributed by atoms with Crippen LogP contribution >= 0.6 is 23.2 Å². The van der Waals surface area contributed by atoms with Gasteiger partial charge in [-0.05, 0) is 48.3 Å². The van der Waals surface area contributed by atoms with Gasteiger partial charge < -0.3 is 0 Å². The highest BCUT2D eigenvalue weighted by molar-refractivity contribution is 6.42. The lowest BCUT2D eigenvalue weighted by atomic mass is 9.67. The average molecular weight is 351 g/mol. The molecule has 4 aliphatic rings. The first-order chi connectivity index (χ1) is 11.0. The van der Waals surface area contributed by atoms with Crippen LogP contribution < -0.4 is 0 Å². The third-order valence-electron chi connectivity index (χ3n) is 5.87. The highest BCUT2D eigenvalue weighted by Gasteiger charge is 2.54. The molecule has 3 aliphatic heterocycles. The molecule has 1 saturated heterocycles. The molecule has 1 aromatic carbocycles. The summed E-state index contributed by atoms with van der Waals surface area (Å²) in [6.07, 6.45) is 4.84. The summed E-state index contributed by atoms with van der Waals surface area (Å²) in [5, 5.41) is 1.30. The molecule has 0 N–H and O–H groups in total. The maximum Gasteiger partial charge on any atom is 0.0595 e. The molecule has 5 rings (SSSR count). The maximum absolute atomic E-state index is 6.20. The first kappa shape index (κ1) is 15.9. The van der Waals surface area contributed by atoms with E-state index in [-0.39, 0.29) is 0 Å². The third kappa shape index (κ3) is 2.83. The van der Waals surface area contributed by atoms with E-state index in [2.05, 4.69) is 31.0 Å². The number of halogens is 2. The largest absolute Gasteiger partial charge is 0.295 e. The second-order valence-corrected chi connectivity index (χ2v) is 8.71. The van der Waals surface area contributed by atoms with E-state index in [1.165, 1.54) is 24.9 Å². The van der Waals surface area contributed by atoms with Crippen molar-refractivity contribution in [1.29, 1.82) is 0 Å². The minimum absolute atomic E-state index is 0.552. The van der Waals surface area contributed by atoms with Gasteiger partial charge in [0.1, 0.15) is 0 Å². The fourth-order valence-corrected chi connectivity index (χ4v) is 5.36. The summed E-state index contributed by atoms with van der Waals surface area (Å²) in [5.41, 5.74) is 1.27. The Bertz CT molecular complexity index is 628. The number of aliphatic imine (C=N–C) groups is 1. The third-order valence-corrected chi connectivity index (χ3v) is 6.61. The van der Waals surface area contributed by atoms with E-state index in [0.717, 1.165) is 18.4 Å². The van der Waals surface area contributed by atoms with Gasteiger partial charge >= 0.3 is 0 Å². The molecule has 124 valence electrons. The Morgan fingerprint density at radius 2 is 2.09 bits per heavy atom. The molecular formula is C19H24Cl2N2. The van der Waals surface area contributed by atoms with Crippen LogP contribution in [0.5, 0.6) is 0 Å². The summed E-state index contributed by atoms with van der Waals surface area (Å²) in [6, 6.07) is 7.26. The Morgan fingerprint density at radius 3 is 2.83 bits per heavy atom. The second kappa shape index (κ2) is 6.06. The number of hydrogen-bond donors (Lipinski definition) is 0. The zero-order valence-corrected chi connectivity index (χ0v) is 15.3. The van der Waals surface area contributed by atoms with E-state index in [4.69, 9.17) is 28.2 Å². The molecule has 4 heteroatoms. The summed E-state index contributed by atoms with van der Waals surface area (Å²) < 4.78 is 0. The van der Waals surface area contributed by atoms with Crippen molar-refractivity contribution in [3.8, 4) is 0 Å². The van der Waals surface area contributed by atoms with Crippen LogP contribution in [0.3, 0.4) is 0 Å². The molecule has 0 amide bonds. The molecule has 23 heavy (non-hydrogen) atoms. The van der Waals surface area contributed by atoms with Crippen molar-refractivity contribution in [2.75, 3.05) is 6.54 Å². The lowest BCUT2D eigenvalue weighted by Crippen LogP contribution is -2.50. The Hall–Kier alpha value is -0.570. The molecule has 5 unspecified atom stereocenters. The molecule has 3 heterocycles. The molecule has 2 nitrogen and oxygen atoms in total. The SMILES string of the molecule is CC(C)CC1C2CC3CN(Cc4ccc(Cl)c(Cl)c4)C1C3C=N2. The van der Waals surface area contributed by atoms with Crippen molar-refractivity contribution in [1.82, 2.24) is 4.90 Å². The Morgan fingerprint density at radius 1 is 1.26 bits per heavy atom. The number of rotatable bonds is 4. The summed E-state index contributed by atoms with van der Waals surface area (Å²) in [5.74, 6) is 2.91. The monoisotopic (exact) mass is 350 g/mol. The quantitative estimate of drug-likeness (QED) is 0.751. The lowest BCUT2D eigenvalue weighted by molar-refractivity contribution is 0.111. The van der Waals surface area contributed by atoms with Crippen molar-refractivity contribution >= 4 is 29.4 Å². The van der Waals surface area contributed by atoms with Gasteiger partial charge in [-0.1, -0.05) is 43.1 Å². The normalized spacial score (nSPS) is 35.4. The maximum atomic E-state index is 6.20. The molecular weight excluding hydrogens is 327 g/mol. The van der Waals surface area contributed by atoms with Crippen molar-refractivity contribution < 1.29 is 0 Å². The molecule has 5 atom stereocenters. The zero-order chi connectivity index (χ0) is 16.1. The molecule has 0 radical (unpaired) electrons. The van der Waals surface area contributed by atoms with Gasteiger partial charge in [0, 0.05) is 31.3 Å². The fraction of sp³-hybridized carbons (Fsp3) is 0.632. The Kier molecular flexibility index (Phi) is 4.19. The van der Waals surface area contributed by atoms with E-state index in [1.54, 1.807) is 0 Å². The van der Waals surface area contributed by atoms with E-state index >= 15 is 0 Å². The van der Waals surface area contributed by atoms with Gasteiger partial charge in [-0.3, -0.25) is 9.89 Å². The van der Waals surface area contributed by atoms with Crippen molar-refractivity contribution in [3.63, 3.8) is 0 Å². The van der Waals surface area contributed by atoms with Crippen LogP contribution in [0.15, 0.2) is 23.2 Å². The molecule has 4 bridgehead atoms. The van der Waals surface area contributed by atoms with Crippen molar-refractivity contribution in [2.45, 2.75) is 45.3 Å². The average Bonchev–Trinajstić information content (AvgIpc) is 2.80. The minimum Gasteiger partial charge on any atom is -0.295 e. The van der Waals surface area contributed by atoms with Crippen LogP contribution in [0.4, 0.5) is 0 Å². The van der Waals surface area contributed by atoms with Gasteiger partial charge in [0.15, 0.2) is 0 Å². The van der Waals surface area contributed by atoms with Gasteiger partial charge in [0.05, 0.1) is 16.1 Å². The minimum atomic E-state index is 0.552.